The zero-order valence-electron chi connectivity index (χ0n) is 16.6. The number of sulfonamides is 1. The van der Waals surface area contributed by atoms with E-state index in [1.54, 1.807) is 6.92 Å². The van der Waals surface area contributed by atoms with Gasteiger partial charge in [-0.2, -0.15) is 4.31 Å². The molecule has 2 heterocycles. The van der Waals surface area contributed by atoms with E-state index in [-0.39, 0.29) is 33.4 Å². The van der Waals surface area contributed by atoms with E-state index in [1.165, 1.54) is 35.7 Å². The highest BCUT2D eigenvalue weighted by molar-refractivity contribution is 7.89. The molecule has 1 aromatic heterocycles. The van der Waals surface area contributed by atoms with Gasteiger partial charge >= 0.3 is 11.9 Å². The van der Waals surface area contributed by atoms with Crippen LogP contribution in [0.3, 0.4) is 0 Å². The van der Waals surface area contributed by atoms with Gasteiger partial charge in [-0.3, -0.25) is 0 Å². The Morgan fingerprint density at radius 1 is 1.10 bits per heavy atom. The predicted molar refractivity (Wildman–Crippen MR) is 108 cm³/mol. The van der Waals surface area contributed by atoms with Crippen LogP contribution in [0.25, 0.3) is 0 Å². The van der Waals surface area contributed by atoms with Crippen LogP contribution in [-0.2, 0) is 26.1 Å². The first-order valence-electron chi connectivity index (χ1n) is 9.38. The molecule has 1 aliphatic heterocycles. The summed E-state index contributed by atoms with van der Waals surface area (Å²) in [6.45, 7) is 2.23. The number of carbonyl (C=O) groups is 2. The van der Waals surface area contributed by atoms with Gasteiger partial charge in [-0.05, 0) is 44.0 Å². The van der Waals surface area contributed by atoms with Crippen molar-refractivity contribution in [2.24, 2.45) is 0 Å². The maximum atomic E-state index is 12.9. The Balaban J connectivity index is 1.76. The van der Waals surface area contributed by atoms with E-state index in [1.807, 2.05) is 0 Å². The lowest BCUT2D eigenvalue weighted by Gasteiger charge is -2.26. The van der Waals surface area contributed by atoms with E-state index in [9.17, 15) is 18.0 Å². The van der Waals surface area contributed by atoms with Crippen LogP contribution in [0.15, 0.2) is 33.6 Å². The number of nitrogens with zero attached hydrogens (tertiary/aromatic N) is 1. The number of ether oxygens (including phenoxy) is 2. The Hall–Kier alpha value is -2.36. The molecule has 3 rings (SSSR count). The van der Waals surface area contributed by atoms with Crippen molar-refractivity contribution in [1.82, 2.24) is 4.31 Å². The maximum Gasteiger partial charge on any atom is 0.341 e. The largest absolute Gasteiger partial charge is 0.465 e. The van der Waals surface area contributed by atoms with E-state index in [4.69, 9.17) is 20.8 Å². The summed E-state index contributed by atoms with van der Waals surface area (Å²) in [5.74, 6) is -0.785. The number of furan rings is 1. The molecule has 0 radical (unpaired) electrons. The van der Waals surface area contributed by atoms with Crippen molar-refractivity contribution >= 4 is 33.6 Å². The lowest BCUT2D eigenvalue weighted by atomic mass is 10.2. The number of esters is 2. The minimum Gasteiger partial charge on any atom is -0.465 e. The van der Waals surface area contributed by atoms with Gasteiger partial charge in [0.05, 0.1) is 22.6 Å². The van der Waals surface area contributed by atoms with Crippen molar-refractivity contribution in [3.05, 3.63) is 51.9 Å². The van der Waals surface area contributed by atoms with Crippen molar-refractivity contribution in [3.63, 3.8) is 0 Å². The third-order valence-corrected chi connectivity index (χ3v) is 7.05. The van der Waals surface area contributed by atoms with Crippen LogP contribution < -0.4 is 0 Å². The summed E-state index contributed by atoms with van der Waals surface area (Å²) in [6, 6.07) is 5.39. The summed E-state index contributed by atoms with van der Waals surface area (Å²) in [4.78, 5) is 24.2. The number of piperidine rings is 1. The van der Waals surface area contributed by atoms with Gasteiger partial charge in [-0.15, -0.1) is 0 Å². The zero-order chi connectivity index (χ0) is 21.9. The smallest absolute Gasteiger partial charge is 0.341 e. The fraction of sp³-hybridized carbons (Fsp3) is 0.400. The highest BCUT2D eigenvalue weighted by Gasteiger charge is 2.27. The molecule has 1 aliphatic rings. The van der Waals surface area contributed by atoms with Crippen molar-refractivity contribution in [3.8, 4) is 0 Å². The van der Waals surface area contributed by atoms with Crippen molar-refractivity contribution in [2.45, 2.75) is 37.7 Å². The molecule has 0 unspecified atom stereocenters. The van der Waals surface area contributed by atoms with Crippen LogP contribution in [0.5, 0.6) is 0 Å². The second-order valence-corrected chi connectivity index (χ2v) is 9.20. The van der Waals surface area contributed by atoms with Crippen molar-refractivity contribution < 1.29 is 31.9 Å². The average molecular weight is 456 g/mol. The third-order valence-electron chi connectivity index (χ3n) is 4.83. The summed E-state index contributed by atoms with van der Waals surface area (Å²) in [5.41, 5.74) is 0.169. The van der Waals surface area contributed by atoms with Gasteiger partial charge < -0.3 is 13.9 Å². The predicted octanol–water partition coefficient (Wildman–Crippen LogP) is 3.56. The maximum absolute atomic E-state index is 12.9. The normalized spacial score (nSPS) is 15.0. The van der Waals surface area contributed by atoms with Gasteiger partial charge in [-0.1, -0.05) is 18.0 Å². The van der Waals surface area contributed by atoms with Crippen LogP contribution in [0, 0.1) is 6.92 Å². The third kappa shape index (κ3) is 4.69. The molecule has 0 saturated carbocycles. The summed E-state index contributed by atoms with van der Waals surface area (Å²) < 4.78 is 42.4. The summed E-state index contributed by atoms with van der Waals surface area (Å²) in [6.07, 6.45) is 2.60. The molecule has 8 nitrogen and oxygen atoms in total. The lowest BCUT2D eigenvalue weighted by Crippen LogP contribution is -2.35. The van der Waals surface area contributed by atoms with Gasteiger partial charge in [0.15, 0.2) is 0 Å². The molecule has 0 bridgehead atoms. The van der Waals surface area contributed by atoms with Gasteiger partial charge in [0.2, 0.25) is 10.0 Å². The van der Waals surface area contributed by atoms with Crippen LogP contribution in [-0.4, -0.2) is 44.9 Å². The summed E-state index contributed by atoms with van der Waals surface area (Å²) in [7, 11) is -2.47. The first-order chi connectivity index (χ1) is 14.2. The molecule has 0 atom stereocenters. The first kappa shape index (κ1) is 22.3. The SMILES string of the molecule is COC(=O)c1cc(COC(=O)c2cc(S(=O)(=O)N3CCCCC3)ccc2Cl)oc1C. The van der Waals surface area contributed by atoms with Crippen molar-refractivity contribution in [1.29, 1.82) is 0 Å². The van der Waals surface area contributed by atoms with E-state index in [0.29, 0.717) is 18.8 Å². The van der Waals surface area contributed by atoms with Gasteiger partial charge in [0.1, 0.15) is 23.7 Å². The molecule has 162 valence electrons. The summed E-state index contributed by atoms with van der Waals surface area (Å²) >= 11 is 6.10. The number of methoxy groups -OCH3 is 1. The molecule has 1 aromatic carbocycles. The standard InChI is InChI=1S/C20H22ClNO7S/c1-13-16(19(23)27-2)10-14(29-13)12-28-20(24)17-11-15(6-7-18(17)21)30(25,26)22-8-4-3-5-9-22/h6-7,10-11H,3-5,8-9,12H2,1-2H3. The molecule has 2 aromatic rings. The van der Waals surface area contributed by atoms with Crippen molar-refractivity contribution in [2.75, 3.05) is 20.2 Å². The van der Waals surface area contributed by atoms with Crippen LogP contribution >= 0.6 is 11.6 Å². The minimum atomic E-state index is -3.72. The second kappa shape index (κ2) is 9.20. The number of halogens is 1. The van der Waals surface area contributed by atoms with Gasteiger partial charge in [0, 0.05) is 13.1 Å². The molecule has 0 spiro atoms. The number of carbonyl (C=O) groups excluding carboxylic acids is 2. The quantitative estimate of drug-likeness (QED) is 0.613. The molecular formula is C20H22ClNO7S. The molecular weight excluding hydrogens is 434 g/mol. The van der Waals surface area contributed by atoms with E-state index >= 15 is 0 Å². The Labute approximate surface area is 179 Å². The Bertz CT molecular complexity index is 1060. The van der Waals surface area contributed by atoms with Crippen LogP contribution in [0.1, 0.15) is 51.5 Å². The second-order valence-electron chi connectivity index (χ2n) is 6.86. The highest BCUT2D eigenvalue weighted by atomic mass is 35.5. The molecule has 1 fully saturated rings. The zero-order valence-corrected chi connectivity index (χ0v) is 18.2. The van der Waals surface area contributed by atoms with E-state index in [2.05, 4.69) is 4.74 Å². The monoisotopic (exact) mass is 455 g/mol. The van der Waals surface area contributed by atoms with E-state index in [0.717, 1.165) is 19.3 Å². The topological polar surface area (TPSA) is 103 Å². The summed E-state index contributed by atoms with van der Waals surface area (Å²) in [5, 5.41) is 0.0727. The van der Waals surface area contributed by atoms with Gasteiger partial charge in [-0.25, -0.2) is 18.0 Å². The number of aryl methyl sites for hydroxylation is 1. The molecule has 30 heavy (non-hydrogen) atoms. The first-order valence-corrected chi connectivity index (χ1v) is 11.2. The Morgan fingerprint density at radius 2 is 1.80 bits per heavy atom. The molecule has 0 aliphatic carbocycles. The molecule has 0 N–H and O–H groups in total. The highest BCUT2D eigenvalue weighted by Crippen LogP contribution is 2.26. The average Bonchev–Trinajstić information content (AvgIpc) is 3.12. The van der Waals surface area contributed by atoms with Crippen LogP contribution in [0.2, 0.25) is 5.02 Å². The molecule has 1 saturated heterocycles. The number of hydrogen-bond acceptors (Lipinski definition) is 7. The number of rotatable bonds is 6. The van der Waals surface area contributed by atoms with Gasteiger partial charge in [0.25, 0.3) is 0 Å². The minimum absolute atomic E-state index is 0.0115. The van der Waals surface area contributed by atoms with E-state index < -0.39 is 22.0 Å². The fourth-order valence-corrected chi connectivity index (χ4v) is 4.96. The van der Waals surface area contributed by atoms with Crippen LogP contribution in [0.4, 0.5) is 0 Å². The number of hydrogen-bond donors (Lipinski definition) is 0. The lowest BCUT2D eigenvalue weighted by molar-refractivity contribution is 0.0443. The number of benzene rings is 1. The Morgan fingerprint density at radius 3 is 2.47 bits per heavy atom. The molecule has 10 heteroatoms. The fourth-order valence-electron chi connectivity index (χ4n) is 3.22. The molecule has 0 amide bonds. The Kier molecular flexibility index (Phi) is 6.84.